The van der Waals surface area contributed by atoms with Gasteiger partial charge >= 0.3 is 0 Å². The lowest BCUT2D eigenvalue weighted by Crippen LogP contribution is -2.29. The number of hydrogen-bond donors (Lipinski definition) is 2. The first-order chi connectivity index (χ1) is 8.62. The molecule has 98 valence electrons. The van der Waals surface area contributed by atoms with Crippen molar-refractivity contribution in [3.05, 3.63) is 23.7 Å². The zero-order valence-corrected chi connectivity index (χ0v) is 11.6. The van der Waals surface area contributed by atoms with Gasteiger partial charge in [-0.05, 0) is 17.5 Å². The van der Waals surface area contributed by atoms with Crippen molar-refractivity contribution in [2.24, 2.45) is 0 Å². The van der Waals surface area contributed by atoms with Crippen LogP contribution >= 0.6 is 11.3 Å². The molecule has 18 heavy (non-hydrogen) atoms. The molecule has 0 aliphatic carbocycles. The number of hydrogen-bond acceptors (Lipinski definition) is 5. The summed E-state index contributed by atoms with van der Waals surface area (Å²) in [6.45, 7) is 2.52. The third-order valence-electron chi connectivity index (χ3n) is 2.41. The first-order valence-electron chi connectivity index (χ1n) is 5.66. The predicted molar refractivity (Wildman–Crippen MR) is 75.6 cm³/mol. The molecule has 0 aromatic carbocycles. The Morgan fingerprint density at radius 2 is 2.22 bits per heavy atom. The van der Waals surface area contributed by atoms with Crippen LogP contribution in [0, 0.1) is 0 Å². The number of sulfonamides is 1. The number of thiophene rings is 1. The average Bonchev–Trinajstić information content (AvgIpc) is 2.77. The molecule has 2 N–H and O–H groups in total. The summed E-state index contributed by atoms with van der Waals surface area (Å²) in [6, 6.07) is 3.93. The van der Waals surface area contributed by atoms with Crippen LogP contribution in [0.4, 0.5) is 5.82 Å². The van der Waals surface area contributed by atoms with Gasteiger partial charge in [-0.15, -0.1) is 11.3 Å². The standard InChI is InChI=1S/C11H15N3O2S2/c1-2-14-18(15,16)8-6-13-11-9-4-7-17-10(9)3-5-12-11/h3-5,7,14H,2,6,8H2,1H3,(H,12,13). The Kier molecular flexibility index (Phi) is 4.15. The Hall–Kier alpha value is -1.18. The summed E-state index contributed by atoms with van der Waals surface area (Å²) in [4.78, 5) is 4.22. The molecule has 2 heterocycles. The molecule has 0 unspecified atom stereocenters. The topological polar surface area (TPSA) is 71.1 Å². The number of pyridine rings is 1. The van der Waals surface area contributed by atoms with Gasteiger partial charge in [-0.3, -0.25) is 0 Å². The van der Waals surface area contributed by atoms with Gasteiger partial charge < -0.3 is 5.32 Å². The van der Waals surface area contributed by atoms with Crippen molar-refractivity contribution in [3.63, 3.8) is 0 Å². The molecule has 2 rings (SSSR count). The Bertz CT molecular complexity index is 622. The monoisotopic (exact) mass is 285 g/mol. The smallest absolute Gasteiger partial charge is 0.213 e. The number of rotatable bonds is 6. The van der Waals surface area contributed by atoms with Gasteiger partial charge in [0.1, 0.15) is 5.82 Å². The van der Waals surface area contributed by atoms with E-state index in [1.165, 1.54) is 0 Å². The molecule has 0 aliphatic rings. The minimum absolute atomic E-state index is 0.0447. The van der Waals surface area contributed by atoms with Gasteiger partial charge in [-0.2, -0.15) is 0 Å². The molecule has 0 spiro atoms. The van der Waals surface area contributed by atoms with Gasteiger partial charge in [0.05, 0.1) is 5.75 Å². The maximum Gasteiger partial charge on any atom is 0.213 e. The van der Waals surface area contributed by atoms with Crippen LogP contribution in [0.2, 0.25) is 0 Å². The van der Waals surface area contributed by atoms with Crippen LogP contribution in [0.1, 0.15) is 6.92 Å². The van der Waals surface area contributed by atoms with Crippen LogP contribution in [0.5, 0.6) is 0 Å². The van der Waals surface area contributed by atoms with E-state index in [1.54, 1.807) is 24.5 Å². The van der Waals surface area contributed by atoms with Crippen molar-refractivity contribution in [2.45, 2.75) is 6.92 Å². The number of nitrogens with zero attached hydrogens (tertiary/aromatic N) is 1. The van der Waals surface area contributed by atoms with Gasteiger partial charge in [0.15, 0.2) is 0 Å². The zero-order valence-electron chi connectivity index (χ0n) is 10.0. The van der Waals surface area contributed by atoms with E-state index in [4.69, 9.17) is 0 Å². The predicted octanol–water partition coefficient (Wildman–Crippen LogP) is 1.65. The van der Waals surface area contributed by atoms with E-state index in [0.29, 0.717) is 13.1 Å². The van der Waals surface area contributed by atoms with E-state index in [0.717, 1.165) is 15.9 Å². The SMILES string of the molecule is CCNS(=O)(=O)CCNc1nccc2sccc12. The largest absolute Gasteiger partial charge is 0.368 e. The van der Waals surface area contributed by atoms with E-state index in [-0.39, 0.29) is 5.75 Å². The summed E-state index contributed by atoms with van der Waals surface area (Å²) in [6.07, 6.45) is 1.72. The maximum atomic E-state index is 11.5. The zero-order chi connectivity index (χ0) is 13.0. The first-order valence-corrected chi connectivity index (χ1v) is 8.19. The quantitative estimate of drug-likeness (QED) is 0.846. The van der Waals surface area contributed by atoms with E-state index in [9.17, 15) is 8.42 Å². The van der Waals surface area contributed by atoms with Crippen molar-refractivity contribution < 1.29 is 8.42 Å². The molecular formula is C11H15N3O2S2. The third-order valence-corrected chi connectivity index (χ3v) is 4.76. The molecule has 0 amide bonds. The molecule has 0 radical (unpaired) electrons. The molecule has 0 bridgehead atoms. The highest BCUT2D eigenvalue weighted by Crippen LogP contribution is 2.25. The van der Waals surface area contributed by atoms with Gasteiger partial charge in [0.25, 0.3) is 0 Å². The molecule has 2 aromatic rings. The number of fused-ring (bicyclic) bond motifs is 1. The fourth-order valence-electron chi connectivity index (χ4n) is 1.63. The maximum absolute atomic E-state index is 11.5. The molecule has 0 aliphatic heterocycles. The van der Waals surface area contributed by atoms with Crippen LogP contribution < -0.4 is 10.0 Å². The Labute approximate surface area is 110 Å². The minimum Gasteiger partial charge on any atom is -0.368 e. The number of anilines is 1. The summed E-state index contributed by atoms with van der Waals surface area (Å²) >= 11 is 1.64. The molecule has 0 saturated heterocycles. The third kappa shape index (κ3) is 3.18. The van der Waals surface area contributed by atoms with Gasteiger partial charge in [0.2, 0.25) is 10.0 Å². The van der Waals surface area contributed by atoms with Crippen LogP contribution in [0.3, 0.4) is 0 Å². The van der Waals surface area contributed by atoms with Crippen molar-refractivity contribution in [2.75, 3.05) is 24.2 Å². The Morgan fingerprint density at radius 1 is 1.39 bits per heavy atom. The fraction of sp³-hybridized carbons (Fsp3) is 0.364. The summed E-state index contributed by atoms with van der Waals surface area (Å²) in [7, 11) is -3.18. The molecule has 5 nitrogen and oxygen atoms in total. The van der Waals surface area contributed by atoms with Gasteiger partial charge in [-0.25, -0.2) is 18.1 Å². The Balaban J connectivity index is 2.01. The molecular weight excluding hydrogens is 270 g/mol. The fourth-order valence-corrected chi connectivity index (χ4v) is 3.37. The van der Waals surface area contributed by atoms with Crippen LogP contribution in [0.25, 0.3) is 10.1 Å². The molecule has 2 aromatic heterocycles. The first kappa shape index (κ1) is 13.3. The highest BCUT2D eigenvalue weighted by molar-refractivity contribution is 7.89. The second-order valence-electron chi connectivity index (χ2n) is 3.74. The van der Waals surface area contributed by atoms with Gasteiger partial charge in [-0.1, -0.05) is 6.92 Å². The molecule has 7 heteroatoms. The van der Waals surface area contributed by atoms with Gasteiger partial charge in [0, 0.05) is 29.4 Å². The Morgan fingerprint density at radius 3 is 3.00 bits per heavy atom. The lowest BCUT2D eigenvalue weighted by molar-refractivity contribution is 0.584. The molecule has 0 atom stereocenters. The van der Waals surface area contributed by atoms with Crippen molar-refractivity contribution in [1.82, 2.24) is 9.71 Å². The average molecular weight is 285 g/mol. The summed E-state index contributed by atoms with van der Waals surface area (Å²) in [5.41, 5.74) is 0. The second kappa shape index (κ2) is 5.64. The van der Waals surface area contributed by atoms with E-state index in [1.807, 2.05) is 17.5 Å². The van der Waals surface area contributed by atoms with Crippen molar-refractivity contribution in [3.8, 4) is 0 Å². The lowest BCUT2D eigenvalue weighted by atomic mass is 10.3. The number of aromatic nitrogens is 1. The minimum atomic E-state index is -3.18. The van der Waals surface area contributed by atoms with Crippen LogP contribution in [-0.4, -0.2) is 32.2 Å². The normalized spacial score (nSPS) is 11.8. The van der Waals surface area contributed by atoms with Crippen molar-refractivity contribution >= 4 is 37.3 Å². The summed E-state index contributed by atoms with van der Waals surface area (Å²) < 4.78 is 26.5. The number of nitrogens with one attached hydrogen (secondary N) is 2. The lowest BCUT2D eigenvalue weighted by Gasteiger charge is -2.07. The van der Waals surface area contributed by atoms with E-state index >= 15 is 0 Å². The van der Waals surface area contributed by atoms with Crippen LogP contribution in [0.15, 0.2) is 23.7 Å². The highest BCUT2D eigenvalue weighted by atomic mass is 32.2. The highest BCUT2D eigenvalue weighted by Gasteiger charge is 2.09. The summed E-state index contributed by atoms with van der Waals surface area (Å²) in [5, 5.41) is 6.09. The van der Waals surface area contributed by atoms with E-state index < -0.39 is 10.0 Å². The molecule has 0 fully saturated rings. The van der Waals surface area contributed by atoms with Crippen molar-refractivity contribution in [1.29, 1.82) is 0 Å². The van der Waals surface area contributed by atoms with Crippen LogP contribution in [-0.2, 0) is 10.0 Å². The van der Waals surface area contributed by atoms with E-state index in [2.05, 4.69) is 15.0 Å². The second-order valence-corrected chi connectivity index (χ2v) is 6.61. The summed E-state index contributed by atoms with van der Waals surface area (Å²) in [5.74, 6) is 0.781. The molecule has 0 saturated carbocycles.